The van der Waals surface area contributed by atoms with Gasteiger partial charge in [0.25, 0.3) is 0 Å². The lowest BCUT2D eigenvalue weighted by molar-refractivity contribution is -0.264. The first-order valence-corrected chi connectivity index (χ1v) is 20.3. The van der Waals surface area contributed by atoms with Crippen molar-refractivity contribution < 1.29 is 48.3 Å². The van der Waals surface area contributed by atoms with Crippen molar-refractivity contribution in [3.63, 3.8) is 0 Å². The second kappa shape index (κ2) is 17.0. The maximum atomic E-state index is 12.4. The van der Waals surface area contributed by atoms with Crippen molar-refractivity contribution in [1.29, 1.82) is 0 Å². The smallest absolute Gasteiger partial charge is 0.312 e. The van der Waals surface area contributed by atoms with Crippen molar-refractivity contribution in [3.8, 4) is 0 Å². The Morgan fingerprint density at radius 1 is 0.727 bits per heavy atom. The zero-order valence-corrected chi connectivity index (χ0v) is 33.7. The van der Waals surface area contributed by atoms with E-state index in [-0.39, 0.29) is 81.2 Å². The monoisotopic (exact) mass is 781 g/mol. The molecule has 7 aliphatic carbocycles. The van der Waals surface area contributed by atoms with Crippen molar-refractivity contribution in [2.75, 3.05) is 0 Å². The van der Waals surface area contributed by atoms with Gasteiger partial charge in [-0.25, -0.2) is 0 Å². The topological polar surface area (TPSA) is 146 Å². The van der Waals surface area contributed by atoms with Gasteiger partial charge >= 0.3 is 23.9 Å². The molecule has 0 aromatic rings. The van der Waals surface area contributed by atoms with Crippen LogP contribution in [0.2, 0.25) is 0 Å². The molecule has 7 unspecified atom stereocenters. The van der Waals surface area contributed by atoms with E-state index in [2.05, 4.69) is 6.92 Å². The fraction of sp³-hybridized carbons (Fsp3) is 0.911. The van der Waals surface area contributed by atoms with Crippen LogP contribution in [0.15, 0.2) is 0 Å². The Kier molecular flexibility index (Phi) is 15.1. The molecule has 0 aromatic heterocycles. The number of ether oxygens (including phenoxy) is 4. The van der Waals surface area contributed by atoms with Crippen LogP contribution in [0.4, 0.5) is 0 Å². The molecule has 7 saturated carbocycles. The van der Waals surface area contributed by atoms with Crippen molar-refractivity contribution >= 4 is 23.9 Å². The van der Waals surface area contributed by atoms with E-state index in [4.69, 9.17) is 18.9 Å². The van der Waals surface area contributed by atoms with Gasteiger partial charge in [-0.3, -0.25) is 19.2 Å². The van der Waals surface area contributed by atoms with Crippen LogP contribution in [0.1, 0.15) is 188 Å². The van der Waals surface area contributed by atoms with Crippen molar-refractivity contribution in [3.05, 3.63) is 0 Å². The van der Waals surface area contributed by atoms with Crippen LogP contribution in [0, 0.1) is 39.9 Å². The summed E-state index contributed by atoms with van der Waals surface area (Å²) in [6.45, 7) is 19.5. The summed E-state index contributed by atoms with van der Waals surface area (Å²) >= 11 is 0. The summed E-state index contributed by atoms with van der Waals surface area (Å²) in [4.78, 5) is 48.0. The zero-order valence-electron chi connectivity index (χ0n) is 33.7. The van der Waals surface area contributed by atoms with E-state index in [9.17, 15) is 29.4 Å². The van der Waals surface area contributed by atoms with Crippen molar-refractivity contribution in [1.82, 2.24) is 0 Å². The molecule has 0 radical (unpaired) electrons. The number of hydrogen-bond donors (Lipinski definition) is 2. The summed E-state index contributed by atoms with van der Waals surface area (Å²) < 4.78 is 22.5. The van der Waals surface area contributed by atoms with Crippen LogP contribution in [0.25, 0.3) is 0 Å². The lowest BCUT2D eigenvalue weighted by Gasteiger charge is -2.62. The predicted molar refractivity (Wildman–Crippen MR) is 215 cm³/mol. The molecule has 1 aliphatic heterocycles. The number of fused-ring (bicyclic) bond motifs is 1. The molecule has 6 bridgehead atoms. The summed E-state index contributed by atoms with van der Waals surface area (Å²) in [6.07, 6.45) is 11.9. The molecule has 10 nitrogen and oxygen atoms in total. The largest absolute Gasteiger partial charge is 0.459 e. The van der Waals surface area contributed by atoms with Gasteiger partial charge in [-0.1, -0.05) is 43.1 Å². The molecule has 10 heteroatoms. The predicted octanol–water partition coefficient (Wildman–Crippen LogP) is 9.29. The molecular weight excluding hydrogens is 700 g/mol. The van der Waals surface area contributed by atoms with Gasteiger partial charge in [0.05, 0.1) is 33.4 Å². The minimum absolute atomic E-state index is 0. The number of esters is 4. The van der Waals surface area contributed by atoms with Crippen LogP contribution in [-0.4, -0.2) is 68.7 Å². The molecule has 1 saturated heterocycles. The second-order valence-electron chi connectivity index (χ2n) is 20.1. The van der Waals surface area contributed by atoms with Crippen LogP contribution in [0.3, 0.4) is 0 Å². The average molecular weight is 781 g/mol. The summed E-state index contributed by atoms with van der Waals surface area (Å²) in [5.74, 6) is 0.493. The highest BCUT2D eigenvalue weighted by Gasteiger charge is 2.65. The van der Waals surface area contributed by atoms with E-state index < -0.39 is 27.6 Å². The third kappa shape index (κ3) is 10.1. The number of aliphatic hydroxyl groups is 2. The van der Waals surface area contributed by atoms with E-state index in [0.717, 1.165) is 64.2 Å². The maximum Gasteiger partial charge on any atom is 0.312 e. The summed E-state index contributed by atoms with van der Waals surface area (Å²) in [7, 11) is 0. The van der Waals surface area contributed by atoms with E-state index in [1.54, 1.807) is 0 Å². The van der Waals surface area contributed by atoms with E-state index in [0.29, 0.717) is 31.1 Å². The lowest BCUT2D eigenvalue weighted by Crippen LogP contribution is -2.67. The molecule has 8 rings (SSSR count). The zero-order chi connectivity index (χ0) is 38.7. The molecule has 1 heterocycles. The fourth-order valence-corrected chi connectivity index (χ4v) is 10.1. The Hall–Kier alpha value is -2.20. The maximum absolute atomic E-state index is 12.4. The molecule has 8 aliphatic rings. The Labute approximate surface area is 333 Å². The standard InChI is InChI=1S/C16H26O4.C14H20O4.C12H22O2.3CH4/c1-4-13(2,3)12(17)20-16-7-11-5-14(18,9-16)8-15(19,6-11)10-16;1-4-14(2,3)13(16)18-10-7-5-8-9(6-7)12(15)17-11(8)10;1-5-11(2,3)10(13)14-12(4)8-6-7-9-12;;;/h11,18-19H,4-10H2,1-3H3;7-11H,4-6H2,1-3H3;5-9H2,1-4H3;3*1H4. The Balaban J connectivity index is 0.000000282. The summed E-state index contributed by atoms with van der Waals surface area (Å²) in [5.41, 5.74) is -3.80. The highest BCUT2D eigenvalue weighted by molar-refractivity contribution is 5.79. The van der Waals surface area contributed by atoms with Gasteiger partial charge < -0.3 is 29.2 Å². The van der Waals surface area contributed by atoms with Gasteiger partial charge in [-0.15, -0.1) is 0 Å². The molecule has 55 heavy (non-hydrogen) atoms. The number of carbonyl (C=O) groups is 4. The molecule has 8 fully saturated rings. The molecule has 7 atom stereocenters. The SMILES string of the molecule is C.C.C.CCC(C)(C)C(=O)OC1(C)CCCC1.CCC(C)(C)C(=O)OC12CC3CC(O)(CC(O)(C3)C1)C2.CCC(C)(C)C(=O)OC1C2CC3C(=O)OC1C3C2. The molecule has 320 valence electrons. The lowest BCUT2D eigenvalue weighted by atomic mass is 9.50. The molecule has 0 aromatic carbocycles. The van der Waals surface area contributed by atoms with Gasteiger partial charge in [0.15, 0.2) is 0 Å². The Morgan fingerprint density at radius 2 is 1.20 bits per heavy atom. The molecular formula is C45H80O10. The Bertz CT molecular complexity index is 1360. The number of carbonyl (C=O) groups excluding carboxylic acids is 4. The molecule has 0 spiro atoms. The van der Waals surface area contributed by atoms with Crippen LogP contribution in [0.5, 0.6) is 0 Å². The number of hydrogen-bond acceptors (Lipinski definition) is 10. The van der Waals surface area contributed by atoms with Crippen molar-refractivity contribution in [2.45, 2.75) is 222 Å². The minimum atomic E-state index is -0.842. The summed E-state index contributed by atoms with van der Waals surface area (Å²) in [5, 5.41) is 21.3. The van der Waals surface area contributed by atoms with E-state index in [1.165, 1.54) is 12.8 Å². The molecule has 0 amide bonds. The first kappa shape index (κ1) is 48.9. The highest BCUT2D eigenvalue weighted by Crippen LogP contribution is 2.61. The van der Waals surface area contributed by atoms with E-state index >= 15 is 0 Å². The quantitative estimate of drug-likeness (QED) is 0.172. The van der Waals surface area contributed by atoms with Crippen LogP contribution in [-0.2, 0) is 38.1 Å². The van der Waals surface area contributed by atoms with Crippen LogP contribution >= 0.6 is 0 Å². The average Bonchev–Trinajstić information content (AvgIpc) is 3.79. The van der Waals surface area contributed by atoms with Gasteiger partial charge in [-0.05, 0) is 131 Å². The third-order valence-corrected chi connectivity index (χ3v) is 14.2. The van der Waals surface area contributed by atoms with E-state index in [1.807, 2.05) is 62.3 Å². The van der Waals surface area contributed by atoms with Crippen LogP contribution < -0.4 is 0 Å². The molecule has 2 N–H and O–H groups in total. The van der Waals surface area contributed by atoms with Gasteiger partial charge in [-0.2, -0.15) is 0 Å². The Morgan fingerprint density at radius 3 is 1.67 bits per heavy atom. The number of rotatable bonds is 9. The first-order chi connectivity index (χ1) is 23.9. The second-order valence-corrected chi connectivity index (χ2v) is 20.1. The van der Waals surface area contributed by atoms with Gasteiger partial charge in [0.1, 0.15) is 23.4 Å². The highest BCUT2D eigenvalue weighted by atomic mass is 16.6. The van der Waals surface area contributed by atoms with Gasteiger partial charge in [0, 0.05) is 31.1 Å². The summed E-state index contributed by atoms with van der Waals surface area (Å²) in [6, 6.07) is 0. The fourth-order valence-electron chi connectivity index (χ4n) is 10.1. The first-order valence-electron chi connectivity index (χ1n) is 20.3. The minimum Gasteiger partial charge on any atom is -0.459 e. The normalized spacial score (nSPS) is 35.7. The van der Waals surface area contributed by atoms with Crippen molar-refractivity contribution in [2.24, 2.45) is 39.9 Å². The van der Waals surface area contributed by atoms with Gasteiger partial charge in [0.2, 0.25) is 0 Å². The third-order valence-electron chi connectivity index (χ3n) is 14.2.